The Kier molecular flexibility index (Phi) is 5.22. The highest BCUT2D eigenvalue weighted by Crippen LogP contribution is 2.20. The molecule has 0 fully saturated rings. The van der Waals surface area contributed by atoms with Crippen molar-refractivity contribution in [2.45, 2.75) is 11.3 Å². The van der Waals surface area contributed by atoms with Gasteiger partial charge in [0.1, 0.15) is 0 Å². The van der Waals surface area contributed by atoms with E-state index in [9.17, 15) is 22.0 Å². The molecule has 2 N–H and O–H groups in total. The standard InChI is InChI=1S/C19H14F2N4O3S2/c20-16-6-5-15(10-17(16)21)30(27,28)24-13-3-1-12(2-4-13)22-18(26)9-14-11-25-7-8-29-19(25)23-14/h1-8,10-11,24H,9H2,(H,22,26). The number of amides is 1. The third-order valence-electron chi connectivity index (χ3n) is 4.11. The van der Waals surface area contributed by atoms with Crippen molar-refractivity contribution in [2.24, 2.45) is 0 Å². The van der Waals surface area contributed by atoms with Crippen LogP contribution in [0.4, 0.5) is 20.2 Å². The number of benzene rings is 2. The van der Waals surface area contributed by atoms with Crippen LogP contribution in [-0.4, -0.2) is 23.7 Å². The highest BCUT2D eigenvalue weighted by Gasteiger charge is 2.17. The van der Waals surface area contributed by atoms with Crippen molar-refractivity contribution in [3.63, 3.8) is 0 Å². The molecule has 0 radical (unpaired) electrons. The van der Waals surface area contributed by atoms with Gasteiger partial charge in [0.15, 0.2) is 16.6 Å². The van der Waals surface area contributed by atoms with Crippen LogP contribution in [0.3, 0.4) is 0 Å². The van der Waals surface area contributed by atoms with Crippen LogP contribution < -0.4 is 10.0 Å². The topological polar surface area (TPSA) is 92.6 Å². The van der Waals surface area contributed by atoms with E-state index in [1.807, 2.05) is 16.0 Å². The van der Waals surface area contributed by atoms with E-state index in [0.717, 1.165) is 17.1 Å². The second-order valence-electron chi connectivity index (χ2n) is 6.31. The van der Waals surface area contributed by atoms with Gasteiger partial charge >= 0.3 is 0 Å². The van der Waals surface area contributed by atoms with Gasteiger partial charge < -0.3 is 5.32 Å². The van der Waals surface area contributed by atoms with Gasteiger partial charge in [-0.15, -0.1) is 11.3 Å². The van der Waals surface area contributed by atoms with Crippen LogP contribution in [0, 0.1) is 11.6 Å². The summed E-state index contributed by atoms with van der Waals surface area (Å²) in [5.74, 6) is -2.66. The fourth-order valence-electron chi connectivity index (χ4n) is 2.71. The molecular weight excluding hydrogens is 434 g/mol. The van der Waals surface area contributed by atoms with Crippen LogP contribution in [0.15, 0.2) is 65.1 Å². The van der Waals surface area contributed by atoms with Gasteiger partial charge in [0.05, 0.1) is 17.0 Å². The Labute approximate surface area is 174 Å². The zero-order valence-electron chi connectivity index (χ0n) is 15.2. The Bertz CT molecular complexity index is 1300. The zero-order chi connectivity index (χ0) is 21.3. The molecule has 0 aliphatic rings. The number of aromatic nitrogens is 2. The van der Waals surface area contributed by atoms with Gasteiger partial charge in [0.2, 0.25) is 5.91 Å². The van der Waals surface area contributed by atoms with Crippen LogP contribution in [0.2, 0.25) is 0 Å². The van der Waals surface area contributed by atoms with Crippen LogP contribution in [-0.2, 0) is 21.2 Å². The number of hydrogen-bond donors (Lipinski definition) is 2. The van der Waals surface area contributed by atoms with E-state index < -0.39 is 26.6 Å². The van der Waals surface area contributed by atoms with E-state index in [1.165, 1.54) is 35.6 Å². The molecule has 0 aliphatic heterocycles. The fraction of sp³-hybridized carbons (Fsp3) is 0.0526. The third kappa shape index (κ3) is 4.31. The molecule has 154 valence electrons. The number of imidazole rings is 1. The van der Waals surface area contributed by atoms with Gasteiger partial charge in [0, 0.05) is 29.1 Å². The molecule has 0 aliphatic carbocycles. The van der Waals surface area contributed by atoms with Gasteiger partial charge in [-0.1, -0.05) is 0 Å². The average molecular weight is 448 g/mol. The number of thiazole rings is 1. The summed E-state index contributed by atoms with van der Waals surface area (Å²) in [6, 6.07) is 8.24. The maximum atomic E-state index is 13.3. The molecule has 11 heteroatoms. The molecular formula is C19H14F2N4O3S2. The SMILES string of the molecule is O=C(Cc1cn2ccsc2n1)Nc1ccc(NS(=O)(=O)c2ccc(F)c(F)c2)cc1. The van der Waals surface area contributed by atoms with Crippen LogP contribution >= 0.6 is 11.3 Å². The number of rotatable bonds is 6. The van der Waals surface area contributed by atoms with Gasteiger partial charge in [-0.3, -0.25) is 13.9 Å². The maximum absolute atomic E-state index is 13.3. The predicted octanol–water partition coefficient (Wildman–Crippen LogP) is 3.66. The summed E-state index contributed by atoms with van der Waals surface area (Å²) in [7, 11) is -4.09. The van der Waals surface area contributed by atoms with Crippen molar-refractivity contribution in [3.05, 3.63) is 77.6 Å². The number of fused-ring (bicyclic) bond motifs is 1. The summed E-state index contributed by atoms with van der Waals surface area (Å²) in [5, 5.41) is 4.61. The van der Waals surface area contributed by atoms with E-state index in [4.69, 9.17) is 0 Å². The summed E-state index contributed by atoms with van der Waals surface area (Å²) in [6.07, 6.45) is 3.73. The summed E-state index contributed by atoms with van der Waals surface area (Å²) in [5.41, 5.74) is 1.30. The molecule has 2 heterocycles. The van der Waals surface area contributed by atoms with E-state index in [1.54, 1.807) is 6.20 Å². The maximum Gasteiger partial charge on any atom is 0.261 e. The smallest absolute Gasteiger partial charge is 0.261 e. The minimum absolute atomic E-state index is 0.0961. The molecule has 0 saturated heterocycles. The molecule has 2 aromatic heterocycles. The highest BCUT2D eigenvalue weighted by atomic mass is 32.2. The summed E-state index contributed by atoms with van der Waals surface area (Å²) >= 11 is 1.47. The fourth-order valence-corrected chi connectivity index (χ4v) is 4.50. The van der Waals surface area contributed by atoms with Gasteiger partial charge in [0.25, 0.3) is 10.0 Å². The Balaban J connectivity index is 1.40. The Hall–Kier alpha value is -3.31. The van der Waals surface area contributed by atoms with E-state index in [0.29, 0.717) is 17.4 Å². The largest absolute Gasteiger partial charge is 0.326 e. The lowest BCUT2D eigenvalue weighted by Crippen LogP contribution is -2.15. The molecule has 0 unspecified atom stereocenters. The first-order valence-corrected chi connectivity index (χ1v) is 11.0. The number of nitrogens with one attached hydrogen (secondary N) is 2. The minimum atomic E-state index is -4.09. The average Bonchev–Trinajstić information content (AvgIpc) is 3.27. The number of carbonyl (C=O) groups is 1. The molecule has 7 nitrogen and oxygen atoms in total. The van der Waals surface area contributed by atoms with Gasteiger partial charge in [-0.25, -0.2) is 22.2 Å². The zero-order valence-corrected chi connectivity index (χ0v) is 16.8. The molecule has 4 aromatic rings. The van der Waals surface area contributed by atoms with Crippen molar-refractivity contribution in [1.29, 1.82) is 0 Å². The van der Waals surface area contributed by atoms with Crippen molar-refractivity contribution in [3.8, 4) is 0 Å². The van der Waals surface area contributed by atoms with Crippen LogP contribution in [0.1, 0.15) is 5.69 Å². The molecule has 2 aromatic carbocycles. The first kappa shape index (κ1) is 20.0. The molecule has 0 bridgehead atoms. The van der Waals surface area contributed by atoms with Crippen molar-refractivity contribution in [2.75, 3.05) is 10.0 Å². The molecule has 1 amide bonds. The van der Waals surface area contributed by atoms with Crippen LogP contribution in [0.25, 0.3) is 4.96 Å². The van der Waals surface area contributed by atoms with Crippen molar-refractivity contribution in [1.82, 2.24) is 9.38 Å². The second-order valence-corrected chi connectivity index (χ2v) is 8.86. The molecule has 0 saturated carbocycles. The molecule has 0 spiro atoms. The number of halogens is 2. The predicted molar refractivity (Wildman–Crippen MR) is 109 cm³/mol. The summed E-state index contributed by atoms with van der Waals surface area (Å²) in [6.45, 7) is 0. The van der Waals surface area contributed by atoms with Crippen molar-refractivity contribution >= 4 is 43.6 Å². The number of anilines is 2. The van der Waals surface area contributed by atoms with E-state index in [2.05, 4.69) is 15.0 Å². The third-order valence-corrected chi connectivity index (χ3v) is 6.26. The van der Waals surface area contributed by atoms with E-state index in [-0.39, 0.29) is 18.0 Å². The molecule has 30 heavy (non-hydrogen) atoms. The number of nitrogens with zero attached hydrogens (tertiary/aromatic N) is 2. The van der Waals surface area contributed by atoms with E-state index >= 15 is 0 Å². The first-order valence-electron chi connectivity index (χ1n) is 8.59. The monoisotopic (exact) mass is 448 g/mol. The normalized spacial score (nSPS) is 11.5. The Morgan fingerprint density at radius 1 is 1.07 bits per heavy atom. The van der Waals surface area contributed by atoms with Crippen LogP contribution in [0.5, 0.6) is 0 Å². The van der Waals surface area contributed by atoms with Gasteiger partial charge in [-0.05, 0) is 42.5 Å². The quantitative estimate of drug-likeness (QED) is 0.471. The number of hydrogen-bond acceptors (Lipinski definition) is 5. The Morgan fingerprint density at radius 3 is 2.50 bits per heavy atom. The molecule has 4 rings (SSSR count). The lowest BCUT2D eigenvalue weighted by Gasteiger charge is -2.10. The lowest BCUT2D eigenvalue weighted by atomic mass is 10.2. The van der Waals surface area contributed by atoms with Gasteiger partial charge in [-0.2, -0.15) is 0 Å². The Morgan fingerprint density at radius 2 is 1.80 bits per heavy atom. The van der Waals surface area contributed by atoms with Crippen molar-refractivity contribution < 1.29 is 22.0 Å². The highest BCUT2D eigenvalue weighted by molar-refractivity contribution is 7.92. The summed E-state index contributed by atoms with van der Waals surface area (Å²) in [4.78, 5) is 16.9. The minimum Gasteiger partial charge on any atom is -0.326 e. The lowest BCUT2D eigenvalue weighted by molar-refractivity contribution is -0.115. The molecule has 0 atom stereocenters. The summed E-state index contributed by atoms with van der Waals surface area (Å²) < 4.78 is 55.0. The second kappa shape index (κ2) is 7.84. The first-order chi connectivity index (χ1) is 14.3. The number of carbonyl (C=O) groups excluding carboxylic acids is 1. The number of sulfonamides is 1.